The summed E-state index contributed by atoms with van der Waals surface area (Å²) < 4.78 is 30.7. The van der Waals surface area contributed by atoms with Crippen LogP contribution in [0.5, 0.6) is 0 Å². The zero-order valence-electron chi connectivity index (χ0n) is 15.6. The molecule has 8 heteroatoms. The van der Waals surface area contributed by atoms with Crippen LogP contribution >= 0.6 is 0 Å². The van der Waals surface area contributed by atoms with Crippen LogP contribution in [0.3, 0.4) is 0 Å². The maximum absolute atomic E-state index is 12.5. The highest BCUT2D eigenvalue weighted by atomic mass is 32.2. The Morgan fingerprint density at radius 3 is 2.50 bits per heavy atom. The quantitative estimate of drug-likeness (QED) is 0.776. The van der Waals surface area contributed by atoms with Crippen molar-refractivity contribution in [2.75, 3.05) is 28.5 Å². The van der Waals surface area contributed by atoms with Crippen LogP contribution in [0, 0.1) is 0 Å². The number of amides is 1. The van der Waals surface area contributed by atoms with Crippen LogP contribution in [0.4, 0.5) is 11.4 Å². The maximum Gasteiger partial charge on any atom is 0.338 e. The van der Waals surface area contributed by atoms with Crippen molar-refractivity contribution >= 4 is 33.3 Å². The predicted octanol–water partition coefficient (Wildman–Crippen LogP) is 3.05. The second-order valence-electron chi connectivity index (χ2n) is 6.40. The predicted molar refractivity (Wildman–Crippen MR) is 107 cm³/mol. The van der Waals surface area contributed by atoms with E-state index in [9.17, 15) is 18.0 Å². The summed E-state index contributed by atoms with van der Waals surface area (Å²) in [6.07, 6.45) is 1.49. The molecule has 1 fully saturated rings. The zero-order chi connectivity index (χ0) is 20.1. The summed E-state index contributed by atoms with van der Waals surface area (Å²) in [6, 6.07) is 12.9. The molecule has 2 aromatic rings. The van der Waals surface area contributed by atoms with E-state index in [0.29, 0.717) is 35.5 Å². The molecule has 2 aromatic carbocycles. The Morgan fingerprint density at radius 1 is 1.07 bits per heavy atom. The van der Waals surface area contributed by atoms with Crippen molar-refractivity contribution < 1.29 is 22.7 Å². The van der Waals surface area contributed by atoms with Gasteiger partial charge in [-0.25, -0.2) is 13.2 Å². The van der Waals surface area contributed by atoms with Gasteiger partial charge in [-0.05, 0) is 62.2 Å². The molecule has 1 aliphatic rings. The first-order chi connectivity index (χ1) is 13.4. The number of hydrogen-bond donors (Lipinski definition) is 1. The molecule has 0 aliphatic carbocycles. The molecule has 1 aliphatic heterocycles. The summed E-state index contributed by atoms with van der Waals surface area (Å²) in [5.74, 6) is -0.661. The van der Waals surface area contributed by atoms with Crippen LogP contribution in [-0.4, -0.2) is 39.2 Å². The first-order valence-electron chi connectivity index (χ1n) is 9.10. The van der Waals surface area contributed by atoms with Gasteiger partial charge in [0.05, 0.1) is 23.6 Å². The molecule has 1 saturated heterocycles. The Kier molecular flexibility index (Phi) is 5.99. The largest absolute Gasteiger partial charge is 0.462 e. The average molecular weight is 402 g/mol. The van der Waals surface area contributed by atoms with Gasteiger partial charge in [-0.1, -0.05) is 6.07 Å². The van der Waals surface area contributed by atoms with E-state index >= 15 is 0 Å². The van der Waals surface area contributed by atoms with Crippen molar-refractivity contribution in [3.63, 3.8) is 0 Å². The summed E-state index contributed by atoms with van der Waals surface area (Å²) in [4.78, 5) is 24.3. The molecule has 0 unspecified atom stereocenters. The third-order valence-electron chi connectivity index (χ3n) is 4.40. The highest BCUT2D eigenvalue weighted by molar-refractivity contribution is 7.92. The van der Waals surface area contributed by atoms with Gasteiger partial charge in [-0.3, -0.25) is 9.10 Å². The van der Waals surface area contributed by atoms with Crippen molar-refractivity contribution in [2.24, 2.45) is 0 Å². The lowest BCUT2D eigenvalue weighted by atomic mass is 10.1. The molecular weight excluding hydrogens is 380 g/mol. The van der Waals surface area contributed by atoms with Crippen LogP contribution in [0.25, 0.3) is 0 Å². The summed E-state index contributed by atoms with van der Waals surface area (Å²) >= 11 is 0. The lowest BCUT2D eigenvalue weighted by molar-refractivity contribution is 0.0526. The summed E-state index contributed by atoms with van der Waals surface area (Å²) in [6.45, 7) is 2.45. The number of ether oxygens (including phenoxy) is 1. The van der Waals surface area contributed by atoms with Crippen LogP contribution in [0.15, 0.2) is 48.5 Å². The van der Waals surface area contributed by atoms with Gasteiger partial charge in [0.1, 0.15) is 0 Å². The second-order valence-corrected chi connectivity index (χ2v) is 8.41. The molecule has 28 heavy (non-hydrogen) atoms. The first-order valence-corrected chi connectivity index (χ1v) is 10.7. The Morgan fingerprint density at radius 2 is 1.82 bits per heavy atom. The first kappa shape index (κ1) is 19.9. The molecular formula is C20H22N2O5S. The van der Waals surface area contributed by atoms with Crippen molar-refractivity contribution in [1.82, 2.24) is 0 Å². The number of nitrogens with one attached hydrogen (secondary N) is 1. The lowest BCUT2D eigenvalue weighted by Crippen LogP contribution is -2.37. The van der Waals surface area contributed by atoms with E-state index in [-0.39, 0.29) is 18.3 Å². The Labute approximate surface area is 164 Å². The van der Waals surface area contributed by atoms with Gasteiger partial charge in [0, 0.05) is 17.8 Å². The van der Waals surface area contributed by atoms with Gasteiger partial charge in [0.25, 0.3) is 5.91 Å². The highest BCUT2D eigenvalue weighted by Gasteiger charge is 2.26. The Hall–Kier alpha value is -2.87. The number of anilines is 2. The number of sulfonamides is 1. The van der Waals surface area contributed by atoms with E-state index in [1.54, 1.807) is 55.5 Å². The van der Waals surface area contributed by atoms with Crippen molar-refractivity contribution in [1.29, 1.82) is 0 Å². The molecule has 148 valence electrons. The second kappa shape index (κ2) is 8.43. The number of benzene rings is 2. The summed E-state index contributed by atoms with van der Waals surface area (Å²) in [7, 11) is -3.29. The van der Waals surface area contributed by atoms with Crippen LogP contribution in [-0.2, 0) is 14.8 Å². The fourth-order valence-corrected chi connectivity index (χ4v) is 4.64. The molecule has 0 aromatic heterocycles. The minimum atomic E-state index is -3.29. The van der Waals surface area contributed by atoms with E-state index < -0.39 is 16.0 Å². The van der Waals surface area contributed by atoms with E-state index in [4.69, 9.17) is 4.74 Å². The lowest BCUT2D eigenvalue weighted by Gasteiger charge is -2.28. The van der Waals surface area contributed by atoms with Crippen LogP contribution in [0.2, 0.25) is 0 Å². The van der Waals surface area contributed by atoms with E-state index in [0.717, 1.165) is 6.42 Å². The normalized spacial score (nSPS) is 15.7. The van der Waals surface area contributed by atoms with Gasteiger partial charge < -0.3 is 10.1 Å². The average Bonchev–Trinajstić information content (AvgIpc) is 2.68. The minimum Gasteiger partial charge on any atom is -0.462 e. The third-order valence-corrected chi connectivity index (χ3v) is 6.27. The van der Waals surface area contributed by atoms with Crippen molar-refractivity contribution in [3.05, 3.63) is 59.7 Å². The Bertz CT molecular complexity index is 970. The number of hydrogen-bond acceptors (Lipinski definition) is 5. The Balaban J connectivity index is 1.72. The van der Waals surface area contributed by atoms with Crippen molar-refractivity contribution in [2.45, 2.75) is 19.8 Å². The molecule has 7 nitrogen and oxygen atoms in total. The van der Waals surface area contributed by atoms with Gasteiger partial charge in [-0.2, -0.15) is 0 Å². The summed E-state index contributed by atoms with van der Waals surface area (Å²) in [5.41, 5.74) is 1.77. The van der Waals surface area contributed by atoms with Gasteiger partial charge in [0.15, 0.2) is 0 Å². The van der Waals surface area contributed by atoms with E-state index in [2.05, 4.69) is 5.32 Å². The number of esters is 1. The summed E-state index contributed by atoms with van der Waals surface area (Å²) in [5, 5.41) is 2.73. The molecule has 3 rings (SSSR count). The van der Waals surface area contributed by atoms with Gasteiger partial charge in [0.2, 0.25) is 10.0 Å². The number of carbonyl (C=O) groups excluding carboxylic acids is 2. The van der Waals surface area contributed by atoms with Gasteiger partial charge in [-0.15, -0.1) is 0 Å². The standard InChI is InChI=1S/C20H22N2O5S/c1-2-27-20(24)16-6-5-7-17(14-16)21-19(23)15-8-10-18(11-9-15)22-12-3-4-13-28(22,25)26/h5-11,14H,2-4,12-13H2,1H3,(H,21,23). The molecule has 0 saturated carbocycles. The van der Waals surface area contributed by atoms with E-state index in [1.807, 2.05) is 0 Å². The SMILES string of the molecule is CCOC(=O)c1cccc(NC(=O)c2ccc(N3CCCCS3(=O)=O)cc2)c1. The van der Waals surface area contributed by atoms with Crippen LogP contribution in [0.1, 0.15) is 40.5 Å². The fraction of sp³-hybridized carbons (Fsp3) is 0.300. The number of rotatable bonds is 5. The highest BCUT2D eigenvalue weighted by Crippen LogP contribution is 2.24. The molecule has 0 radical (unpaired) electrons. The number of carbonyl (C=O) groups is 2. The maximum atomic E-state index is 12.5. The van der Waals surface area contributed by atoms with Crippen molar-refractivity contribution in [3.8, 4) is 0 Å². The van der Waals surface area contributed by atoms with Gasteiger partial charge >= 0.3 is 5.97 Å². The third kappa shape index (κ3) is 4.51. The molecule has 0 atom stereocenters. The fourth-order valence-electron chi connectivity index (χ4n) is 3.00. The molecule has 0 spiro atoms. The minimum absolute atomic E-state index is 0.145. The number of nitrogens with zero attached hydrogens (tertiary/aromatic N) is 1. The van der Waals surface area contributed by atoms with Crippen LogP contribution < -0.4 is 9.62 Å². The molecule has 1 amide bonds. The van der Waals surface area contributed by atoms with E-state index in [1.165, 1.54) is 4.31 Å². The molecule has 1 heterocycles. The molecule has 1 N–H and O–H groups in total. The smallest absolute Gasteiger partial charge is 0.338 e. The monoisotopic (exact) mass is 402 g/mol. The topological polar surface area (TPSA) is 92.8 Å². The molecule has 0 bridgehead atoms. The zero-order valence-corrected chi connectivity index (χ0v) is 16.4.